The summed E-state index contributed by atoms with van der Waals surface area (Å²) in [6, 6.07) is 8.37. The van der Waals surface area contributed by atoms with Crippen molar-refractivity contribution in [3.05, 3.63) is 42.1 Å². The van der Waals surface area contributed by atoms with Crippen LogP contribution in [-0.2, 0) is 10.0 Å². The largest absolute Gasteiger partial charge is 0.497 e. The fourth-order valence-electron chi connectivity index (χ4n) is 2.83. The van der Waals surface area contributed by atoms with Gasteiger partial charge in [0.05, 0.1) is 20.8 Å². The molecule has 0 bridgehead atoms. The lowest BCUT2D eigenvalue weighted by Crippen LogP contribution is -2.31. The highest BCUT2D eigenvalue weighted by molar-refractivity contribution is 7.89. The molecule has 0 aliphatic carbocycles. The quantitative estimate of drug-likeness (QED) is 0.767. The summed E-state index contributed by atoms with van der Waals surface area (Å²) in [7, 11) is -0.730. The van der Waals surface area contributed by atoms with Crippen molar-refractivity contribution in [2.45, 2.75) is 24.3 Å². The number of pyridine rings is 1. The van der Waals surface area contributed by atoms with E-state index in [0.717, 1.165) is 5.56 Å². The zero-order valence-corrected chi connectivity index (χ0v) is 15.8. The van der Waals surface area contributed by atoms with Crippen molar-refractivity contribution in [3.8, 4) is 17.4 Å². The molecule has 1 aromatic carbocycles. The van der Waals surface area contributed by atoms with Gasteiger partial charge < -0.3 is 14.2 Å². The van der Waals surface area contributed by atoms with Crippen LogP contribution in [0.5, 0.6) is 17.4 Å². The summed E-state index contributed by atoms with van der Waals surface area (Å²) >= 11 is 0. The van der Waals surface area contributed by atoms with Crippen LogP contribution in [0, 0.1) is 6.92 Å². The van der Waals surface area contributed by atoms with Crippen LogP contribution >= 0.6 is 0 Å². The van der Waals surface area contributed by atoms with Gasteiger partial charge in [0.15, 0.2) is 0 Å². The first-order valence-electron chi connectivity index (χ1n) is 8.25. The molecule has 0 radical (unpaired) electrons. The molecule has 0 N–H and O–H groups in total. The molecule has 2 aromatic rings. The number of aromatic nitrogens is 1. The van der Waals surface area contributed by atoms with E-state index >= 15 is 0 Å². The fraction of sp³-hybridized carbons (Fsp3) is 0.389. The van der Waals surface area contributed by atoms with Gasteiger partial charge in [0.2, 0.25) is 15.9 Å². The number of aryl methyl sites for hydroxylation is 1. The van der Waals surface area contributed by atoms with Crippen LogP contribution in [0.3, 0.4) is 0 Å². The van der Waals surface area contributed by atoms with E-state index < -0.39 is 10.0 Å². The molecular formula is C18H22N2O5S. The SMILES string of the molecule is COc1ccc(S(=O)(=O)N2CCC(Oc3ccc(C)cn3)C2)c(OC)c1. The lowest BCUT2D eigenvalue weighted by atomic mass is 10.3. The standard InChI is InChI=1S/C18H22N2O5S/c1-13-4-7-18(19-11-13)25-15-8-9-20(12-15)26(21,22)17-6-5-14(23-2)10-16(17)24-3/h4-7,10-11,15H,8-9,12H2,1-3H3. The maximum atomic E-state index is 13.0. The molecular weight excluding hydrogens is 356 g/mol. The van der Waals surface area contributed by atoms with Gasteiger partial charge in [-0.05, 0) is 31.0 Å². The Labute approximate surface area is 153 Å². The Morgan fingerprint density at radius 1 is 1.15 bits per heavy atom. The Kier molecular flexibility index (Phi) is 5.33. The van der Waals surface area contributed by atoms with Crippen molar-refractivity contribution in [1.82, 2.24) is 9.29 Å². The first-order valence-corrected chi connectivity index (χ1v) is 9.69. The molecule has 1 aliphatic heterocycles. The number of methoxy groups -OCH3 is 2. The second-order valence-electron chi connectivity index (χ2n) is 6.08. The summed E-state index contributed by atoms with van der Waals surface area (Å²) in [6.07, 6.45) is 2.10. The van der Waals surface area contributed by atoms with Gasteiger partial charge in [-0.3, -0.25) is 0 Å². The third kappa shape index (κ3) is 3.76. The van der Waals surface area contributed by atoms with Crippen LogP contribution in [0.2, 0.25) is 0 Å². The van der Waals surface area contributed by atoms with Gasteiger partial charge in [-0.2, -0.15) is 4.31 Å². The van der Waals surface area contributed by atoms with Crippen molar-refractivity contribution in [2.75, 3.05) is 27.3 Å². The van der Waals surface area contributed by atoms with Gasteiger partial charge in [-0.25, -0.2) is 13.4 Å². The van der Waals surface area contributed by atoms with Crippen LogP contribution < -0.4 is 14.2 Å². The van der Waals surface area contributed by atoms with E-state index in [1.54, 1.807) is 24.4 Å². The topological polar surface area (TPSA) is 78.0 Å². The van der Waals surface area contributed by atoms with Gasteiger partial charge in [0, 0.05) is 24.9 Å². The van der Waals surface area contributed by atoms with Crippen LogP contribution in [0.4, 0.5) is 0 Å². The normalized spacial score (nSPS) is 17.9. The molecule has 1 fully saturated rings. The highest BCUT2D eigenvalue weighted by Crippen LogP contribution is 2.32. The van der Waals surface area contributed by atoms with E-state index in [-0.39, 0.29) is 23.3 Å². The highest BCUT2D eigenvalue weighted by atomic mass is 32.2. The number of sulfonamides is 1. The van der Waals surface area contributed by atoms with Crippen molar-refractivity contribution < 1.29 is 22.6 Å². The Bertz CT molecular complexity index is 868. The molecule has 0 spiro atoms. The molecule has 7 nitrogen and oxygen atoms in total. The van der Waals surface area contributed by atoms with E-state index in [1.807, 2.05) is 13.0 Å². The molecule has 1 aliphatic rings. The molecule has 8 heteroatoms. The average Bonchev–Trinajstić information content (AvgIpc) is 3.12. The van der Waals surface area contributed by atoms with Crippen LogP contribution in [0.1, 0.15) is 12.0 Å². The van der Waals surface area contributed by atoms with Crippen molar-refractivity contribution in [3.63, 3.8) is 0 Å². The van der Waals surface area contributed by atoms with Crippen LogP contribution in [-0.4, -0.2) is 51.1 Å². The maximum absolute atomic E-state index is 13.0. The smallest absolute Gasteiger partial charge is 0.246 e. The second-order valence-corrected chi connectivity index (χ2v) is 7.99. The molecule has 0 amide bonds. The van der Waals surface area contributed by atoms with Gasteiger partial charge in [-0.15, -0.1) is 0 Å². The monoisotopic (exact) mass is 378 g/mol. The lowest BCUT2D eigenvalue weighted by Gasteiger charge is -2.19. The van der Waals surface area contributed by atoms with Gasteiger partial charge in [0.1, 0.15) is 22.5 Å². The number of benzene rings is 1. The minimum atomic E-state index is -3.69. The third-order valence-electron chi connectivity index (χ3n) is 4.27. The summed E-state index contributed by atoms with van der Waals surface area (Å²) in [6.45, 7) is 2.60. The Morgan fingerprint density at radius 2 is 1.96 bits per heavy atom. The molecule has 0 saturated carbocycles. The summed E-state index contributed by atoms with van der Waals surface area (Å²) in [5, 5.41) is 0. The Morgan fingerprint density at radius 3 is 2.62 bits per heavy atom. The number of rotatable bonds is 6. The first-order chi connectivity index (χ1) is 12.4. The zero-order valence-electron chi connectivity index (χ0n) is 15.0. The third-order valence-corrected chi connectivity index (χ3v) is 6.17. The molecule has 140 valence electrons. The molecule has 2 heterocycles. The number of hydrogen-bond donors (Lipinski definition) is 0. The molecule has 1 aromatic heterocycles. The highest BCUT2D eigenvalue weighted by Gasteiger charge is 2.35. The van der Waals surface area contributed by atoms with Crippen LogP contribution in [0.15, 0.2) is 41.4 Å². The minimum Gasteiger partial charge on any atom is -0.497 e. The van der Waals surface area contributed by atoms with Crippen molar-refractivity contribution in [1.29, 1.82) is 0 Å². The molecule has 1 unspecified atom stereocenters. The fourth-order valence-corrected chi connectivity index (χ4v) is 4.46. The average molecular weight is 378 g/mol. The first kappa shape index (κ1) is 18.5. The predicted molar refractivity (Wildman–Crippen MR) is 96.3 cm³/mol. The molecule has 1 saturated heterocycles. The van der Waals surface area contributed by atoms with Crippen LogP contribution in [0.25, 0.3) is 0 Å². The van der Waals surface area contributed by atoms with E-state index in [0.29, 0.717) is 24.6 Å². The van der Waals surface area contributed by atoms with Gasteiger partial charge in [0.25, 0.3) is 0 Å². The number of nitrogens with zero attached hydrogens (tertiary/aromatic N) is 2. The predicted octanol–water partition coefficient (Wildman–Crippen LogP) is 2.25. The number of ether oxygens (including phenoxy) is 3. The minimum absolute atomic E-state index is 0.120. The van der Waals surface area contributed by atoms with Crippen molar-refractivity contribution >= 4 is 10.0 Å². The van der Waals surface area contributed by atoms with Gasteiger partial charge >= 0.3 is 0 Å². The van der Waals surface area contributed by atoms with Gasteiger partial charge in [-0.1, -0.05) is 6.07 Å². The maximum Gasteiger partial charge on any atom is 0.246 e. The van der Waals surface area contributed by atoms with E-state index in [1.165, 1.54) is 24.6 Å². The Balaban J connectivity index is 1.76. The number of hydrogen-bond acceptors (Lipinski definition) is 6. The summed E-state index contributed by atoms with van der Waals surface area (Å²) in [5.41, 5.74) is 1.04. The zero-order chi connectivity index (χ0) is 18.7. The van der Waals surface area contributed by atoms with E-state index in [2.05, 4.69) is 4.98 Å². The summed E-state index contributed by atoms with van der Waals surface area (Å²) < 4.78 is 43.6. The second kappa shape index (κ2) is 7.51. The Hall–Kier alpha value is -2.32. The molecule has 1 atom stereocenters. The summed E-state index contributed by atoms with van der Waals surface area (Å²) in [5.74, 6) is 1.30. The van der Waals surface area contributed by atoms with E-state index in [9.17, 15) is 8.42 Å². The van der Waals surface area contributed by atoms with E-state index in [4.69, 9.17) is 14.2 Å². The molecule has 3 rings (SSSR count). The lowest BCUT2D eigenvalue weighted by molar-refractivity contribution is 0.207. The molecule has 26 heavy (non-hydrogen) atoms. The van der Waals surface area contributed by atoms with Crippen molar-refractivity contribution in [2.24, 2.45) is 0 Å². The summed E-state index contributed by atoms with van der Waals surface area (Å²) in [4.78, 5) is 4.33.